The molecule has 34 heavy (non-hydrogen) atoms. The van der Waals surface area contributed by atoms with Crippen molar-refractivity contribution < 1.29 is 18.6 Å². The monoisotopic (exact) mass is 483 g/mol. The second-order valence-electron chi connectivity index (χ2n) is 8.07. The van der Waals surface area contributed by atoms with Crippen LogP contribution in [0.2, 0.25) is 0 Å². The molecule has 0 radical (unpaired) electrons. The Kier molecular flexibility index (Phi) is 7.90. The van der Waals surface area contributed by atoms with Gasteiger partial charge in [0.25, 0.3) is 5.56 Å². The van der Waals surface area contributed by atoms with Crippen LogP contribution in [-0.4, -0.2) is 48.4 Å². The molecule has 9 heteroatoms. The highest BCUT2D eigenvalue weighted by atomic mass is 32.1. The van der Waals surface area contributed by atoms with Crippen LogP contribution in [0.3, 0.4) is 0 Å². The molecule has 0 amide bonds. The number of pyridine rings is 1. The minimum Gasteiger partial charge on any atom is -0.493 e. The van der Waals surface area contributed by atoms with Crippen LogP contribution in [0.15, 0.2) is 46.2 Å². The number of benzene rings is 2. The first kappa shape index (κ1) is 23.9. The van der Waals surface area contributed by atoms with Gasteiger partial charge >= 0.3 is 0 Å². The predicted molar refractivity (Wildman–Crippen MR) is 133 cm³/mol. The van der Waals surface area contributed by atoms with Crippen LogP contribution in [0.1, 0.15) is 25.7 Å². The number of thiocarbonyl (C=S) groups is 1. The van der Waals surface area contributed by atoms with Crippen molar-refractivity contribution in [1.29, 1.82) is 0 Å². The van der Waals surface area contributed by atoms with Gasteiger partial charge in [0, 0.05) is 30.1 Å². The highest BCUT2D eigenvalue weighted by molar-refractivity contribution is 7.78. The minimum atomic E-state index is -0.638. The molecule has 0 bridgehead atoms. The van der Waals surface area contributed by atoms with Gasteiger partial charge in [0.05, 0.1) is 30.1 Å². The van der Waals surface area contributed by atoms with Gasteiger partial charge in [-0.2, -0.15) is 4.99 Å². The summed E-state index contributed by atoms with van der Waals surface area (Å²) in [6.07, 6.45) is 4.72. The third-order valence-corrected chi connectivity index (χ3v) is 5.82. The summed E-state index contributed by atoms with van der Waals surface area (Å²) < 4.78 is 31.7. The van der Waals surface area contributed by atoms with E-state index in [0.717, 1.165) is 26.1 Å². The van der Waals surface area contributed by atoms with Gasteiger partial charge in [-0.3, -0.25) is 4.79 Å². The molecule has 1 aliphatic heterocycles. The molecular weight excluding hydrogens is 457 g/mol. The number of hydrogen-bond acceptors (Lipinski definition) is 7. The van der Waals surface area contributed by atoms with Crippen LogP contribution < -0.4 is 19.8 Å². The van der Waals surface area contributed by atoms with Gasteiger partial charge in [-0.15, -0.1) is 0 Å². The molecule has 2 heterocycles. The maximum absolute atomic E-state index is 14.5. The van der Waals surface area contributed by atoms with Crippen LogP contribution in [0.4, 0.5) is 10.1 Å². The number of nitrogens with one attached hydrogen (secondary N) is 1. The Hall–Kier alpha value is -3.26. The maximum Gasteiger partial charge on any atom is 0.252 e. The van der Waals surface area contributed by atoms with Crippen molar-refractivity contribution in [2.45, 2.75) is 25.7 Å². The lowest BCUT2D eigenvalue weighted by Gasteiger charge is -2.26. The Morgan fingerprint density at radius 2 is 1.91 bits per heavy atom. The summed E-state index contributed by atoms with van der Waals surface area (Å²) in [7, 11) is 1.54. The van der Waals surface area contributed by atoms with Crippen molar-refractivity contribution in [3.8, 4) is 23.0 Å². The highest BCUT2D eigenvalue weighted by Gasteiger charge is 2.15. The number of nitrogens with zero attached hydrogens (tertiary/aromatic N) is 2. The fourth-order valence-corrected chi connectivity index (χ4v) is 4.16. The summed E-state index contributed by atoms with van der Waals surface area (Å²) in [5.74, 6) is 0.523. The molecule has 1 N–H and O–H groups in total. The van der Waals surface area contributed by atoms with Gasteiger partial charge in [0.2, 0.25) is 0 Å². The third kappa shape index (κ3) is 5.80. The zero-order valence-corrected chi connectivity index (χ0v) is 19.8. The molecule has 1 fully saturated rings. The first-order valence-electron chi connectivity index (χ1n) is 11.2. The van der Waals surface area contributed by atoms with Crippen LogP contribution in [-0.2, 0) is 0 Å². The average molecular weight is 484 g/mol. The summed E-state index contributed by atoms with van der Waals surface area (Å²) in [4.78, 5) is 21.3. The summed E-state index contributed by atoms with van der Waals surface area (Å²) in [5.41, 5.74) is 0.432. The zero-order valence-electron chi connectivity index (χ0n) is 18.9. The van der Waals surface area contributed by atoms with Gasteiger partial charge < -0.3 is 24.1 Å². The molecule has 0 unspecified atom stereocenters. The topological polar surface area (TPSA) is 76.1 Å². The fraction of sp³-hybridized carbons (Fsp3) is 0.360. The normalized spacial score (nSPS) is 13.9. The van der Waals surface area contributed by atoms with Crippen LogP contribution in [0.5, 0.6) is 23.0 Å². The Bertz CT molecular complexity index is 1270. The Balaban J connectivity index is 1.55. The lowest BCUT2D eigenvalue weighted by molar-refractivity contribution is 0.203. The van der Waals surface area contributed by atoms with E-state index < -0.39 is 5.82 Å². The van der Waals surface area contributed by atoms with Crippen molar-refractivity contribution in [3.63, 3.8) is 0 Å². The van der Waals surface area contributed by atoms with Gasteiger partial charge in [-0.25, -0.2) is 4.39 Å². The molecule has 0 aliphatic carbocycles. The van der Waals surface area contributed by atoms with E-state index in [0.29, 0.717) is 34.7 Å². The van der Waals surface area contributed by atoms with E-state index in [1.54, 1.807) is 25.3 Å². The molecule has 0 atom stereocenters. The number of aromatic nitrogens is 1. The molecular formula is C25H26FN3O4S. The predicted octanol–water partition coefficient (Wildman–Crippen LogP) is 5.46. The number of halogens is 1. The Labute approximate surface area is 202 Å². The zero-order chi connectivity index (χ0) is 23.9. The van der Waals surface area contributed by atoms with Crippen molar-refractivity contribution >= 4 is 34.0 Å². The minimum absolute atomic E-state index is 0.0489. The molecule has 7 nitrogen and oxygen atoms in total. The third-order valence-electron chi connectivity index (χ3n) is 5.72. The highest BCUT2D eigenvalue weighted by Crippen LogP contribution is 2.37. The lowest BCUT2D eigenvalue weighted by atomic mass is 10.1. The SMILES string of the molecule is COc1cc2c(Oc3ccc(N=C=S)cc3F)cc(=O)[nH]c2cc1OCCCN1CCCCC1. The molecule has 0 spiro atoms. The number of fused-ring (bicyclic) bond motifs is 1. The number of aliphatic imine (C=N–C) groups is 1. The van der Waals surface area contributed by atoms with Gasteiger partial charge in [0.15, 0.2) is 23.1 Å². The number of aromatic amines is 1. The largest absolute Gasteiger partial charge is 0.493 e. The van der Waals surface area contributed by atoms with Crippen molar-refractivity contribution in [2.24, 2.45) is 4.99 Å². The van der Waals surface area contributed by atoms with Gasteiger partial charge in [-0.05, 0) is 62.8 Å². The molecule has 2 aromatic carbocycles. The fourth-order valence-electron chi connectivity index (χ4n) is 4.06. The first-order valence-corrected chi connectivity index (χ1v) is 11.6. The molecule has 4 rings (SSSR count). The first-order chi connectivity index (χ1) is 16.6. The van der Waals surface area contributed by atoms with Gasteiger partial charge in [-0.1, -0.05) is 6.42 Å². The molecule has 1 saturated heterocycles. The molecule has 0 saturated carbocycles. The van der Waals surface area contributed by atoms with Crippen LogP contribution in [0, 0.1) is 5.82 Å². The number of piperidine rings is 1. The van der Waals surface area contributed by atoms with Crippen LogP contribution >= 0.6 is 12.2 Å². The molecule has 3 aromatic rings. The molecule has 178 valence electrons. The van der Waals surface area contributed by atoms with Crippen molar-refractivity contribution in [1.82, 2.24) is 9.88 Å². The average Bonchev–Trinajstić information content (AvgIpc) is 2.84. The van der Waals surface area contributed by atoms with E-state index in [4.69, 9.17) is 14.2 Å². The summed E-state index contributed by atoms with van der Waals surface area (Å²) >= 11 is 4.55. The Morgan fingerprint density at radius 1 is 1.09 bits per heavy atom. The number of H-pyrrole nitrogens is 1. The molecule has 1 aliphatic rings. The summed E-state index contributed by atoms with van der Waals surface area (Å²) in [6, 6.07) is 8.83. The number of hydrogen-bond donors (Lipinski definition) is 1. The van der Waals surface area contributed by atoms with Crippen molar-refractivity contribution in [3.05, 3.63) is 52.6 Å². The van der Waals surface area contributed by atoms with E-state index in [9.17, 15) is 9.18 Å². The summed E-state index contributed by atoms with van der Waals surface area (Å²) in [6.45, 7) is 3.81. The maximum atomic E-state index is 14.5. The molecule has 1 aromatic heterocycles. The van der Waals surface area contributed by atoms with E-state index in [1.807, 2.05) is 0 Å². The van der Waals surface area contributed by atoms with Crippen LogP contribution in [0.25, 0.3) is 10.9 Å². The van der Waals surface area contributed by atoms with Gasteiger partial charge in [0.1, 0.15) is 5.75 Å². The number of ether oxygens (including phenoxy) is 3. The smallest absolute Gasteiger partial charge is 0.252 e. The summed E-state index contributed by atoms with van der Waals surface area (Å²) in [5, 5.41) is 2.75. The lowest BCUT2D eigenvalue weighted by Crippen LogP contribution is -2.31. The Morgan fingerprint density at radius 3 is 2.65 bits per heavy atom. The number of isothiocyanates is 1. The number of rotatable bonds is 9. The number of likely N-dealkylation sites (tertiary alicyclic amines) is 1. The van der Waals surface area contributed by atoms with E-state index in [-0.39, 0.29) is 17.1 Å². The second-order valence-corrected chi connectivity index (χ2v) is 8.25. The quantitative estimate of drug-likeness (QED) is 0.248. The van der Waals surface area contributed by atoms with E-state index in [2.05, 4.69) is 32.3 Å². The van der Waals surface area contributed by atoms with E-state index >= 15 is 0 Å². The van der Waals surface area contributed by atoms with E-state index in [1.165, 1.54) is 37.5 Å². The standard InChI is InChI=1S/C25H26FN3O4S/c1-31-23-13-18-20(14-24(23)32-11-5-10-29-8-3-2-4-9-29)28-25(30)15-22(18)33-21-7-6-17(27-16-34)12-19(21)26/h6-7,12-15H,2-5,8-11H2,1H3,(H,28,30). The van der Waals surface area contributed by atoms with Crippen molar-refractivity contribution in [2.75, 3.05) is 33.4 Å². The number of methoxy groups -OCH3 is 1. The second kappa shape index (κ2) is 11.2.